The molecule has 0 saturated carbocycles. The van der Waals surface area contributed by atoms with E-state index in [1.807, 2.05) is 19.1 Å². The van der Waals surface area contributed by atoms with Crippen molar-refractivity contribution in [2.45, 2.75) is 43.7 Å². The van der Waals surface area contributed by atoms with Gasteiger partial charge in [-0.05, 0) is 44.4 Å². The number of hydrogen-bond donors (Lipinski definition) is 2. The first-order valence-electron chi connectivity index (χ1n) is 6.51. The zero-order chi connectivity index (χ0) is 14.5. The van der Waals surface area contributed by atoms with Gasteiger partial charge >= 0.3 is 0 Å². The van der Waals surface area contributed by atoms with Crippen LogP contribution >= 0.6 is 0 Å². The normalized spacial score (nSPS) is 15.2. The van der Waals surface area contributed by atoms with Gasteiger partial charge in [0.1, 0.15) is 0 Å². The summed E-state index contributed by atoms with van der Waals surface area (Å²) in [5, 5.41) is 12.2. The molecule has 0 spiro atoms. The van der Waals surface area contributed by atoms with Gasteiger partial charge in [-0.2, -0.15) is 0 Å². The highest BCUT2D eigenvalue weighted by molar-refractivity contribution is 7.90. The van der Waals surface area contributed by atoms with Crippen molar-refractivity contribution in [2.24, 2.45) is 0 Å². The summed E-state index contributed by atoms with van der Waals surface area (Å²) in [6.45, 7) is 4.34. The lowest BCUT2D eigenvalue weighted by molar-refractivity contribution is 0.274. The van der Waals surface area contributed by atoms with E-state index in [1.54, 1.807) is 12.1 Å². The van der Waals surface area contributed by atoms with E-state index in [2.05, 4.69) is 12.2 Å². The lowest BCUT2D eigenvalue weighted by atomic mass is 10.1. The first-order chi connectivity index (χ1) is 8.84. The Morgan fingerprint density at radius 1 is 1.21 bits per heavy atom. The van der Waals surface area contributed by atoms with Crippen molar-refractivity contribution >= 4 is 9.84 Å². The summed E-state index contributed by atoms with van der Waals surface area (Å²) in [6.07, 6.45) is 2.91. The fourth-order valence-corrected chi connectivity index (χ4v) is 2.64. The van der Waals surface area contributed by atoms with Crippen molar-refractivity contribution in [1.29, 1.82) is 0 Å². The number of aliphatic hydroxyl groups excluding tert-OH is 1. The lowest BCUT2D eigenvalue weighted by Crippen LogP contribution is -2.29. The van der Waals surface area contributed by atoms with Crippen LogP contribution < -0.4 is 5.32 Å². The van der Waals surface area contributed by atoms with Crippen LogP contribution in [0.3, 0.4) is 0 Å². The van der Waals surface area contributed by atoms with Crippen molar-refractivity contribution in [2.75, 3.05) is 12.9 Å². The summed E-state index contributed by atoms with van der Waals surface area (Å²) < 4.78 is 22.7. The molecule has 0 heterocycles. The second-order valence-electron chi connectivity index (χ2n) is 5.00. The van der Waals surface area contributed by atoms with E-state index >= 15 is 0 Å². The van der Waals surface area contributed by atoms with Crippen LogP contribution in [0.5, 0.6) is 0 Å². The van der Waals surface area contributed by atoms with E-state index in [0.717, 1.165) is 18.4 Å². The fraction of sp³-hybridized carbons (Fsp3) is 0.571. The molecular formula is C14H23NO3S. The zero-order valence-electron chi connectivity index (χ0n) is 11.8. The van der Waals surface area contributed by atoms with Gasteiger partial charge in [-0.3, -0.25) is 0 Å². The van der Waals surface area contributed by atoms with Crippen LogP contribution in [0.2, 0.25) is 0 Å². The minimum atomic E-state index is -3.13. The Hall–Kier alpha value is -0.910. The maximum absolute atomic E-state index is 11.4. The minimum absolute atomic E-state index is 0.155. The van der Waals surface area contributed by atoms with Crippen LogP contribution in [0.1, 0.15) is 38.3 Å². The summed E-state index contributed by atoms with van der Waals surface area (Å²) in [5.74, 6) is 0. The molecule has 2 atom stereocenters. The Bertz CT molecular complexity index is 482. The largest absolute Gasteiger partial charge is 0.396 e. The van der Waals surface area contributed by atoms with Gasteiger partial charge in [0.2, 0.25) is 0 Å². The average Bonchev–Trinajstić information content (AvgIpc) is 2.35. The predicted molar refractivity (Wildman–Crippen MR) is 76.9 cm³/mol. The van der Waals surface area contributed by atoms with E-state index in [4.69, 9.17) is 5.11 Å². The van der Waals surface area contributed by atoms with Gasteiger partial charge in [-0.25, -0.2) is 8.42 Å². The van der Waals surface area contributed by atoms with E-state index in [9.17, 15) is 8.42 Å². The Morgan fingerprint density at radius 3 is 2.26 bits per heavy atom. The zero-order valence-corrected chi connectivity index (χ0v) is 12.6. The molecule has 108 valence electrons. The second-order valence-corrected chi connectivity index (χ2v) is 7.01. The van der Waals surface area contributed by atoms with E-state index in [0.29, 0.717) is 10.9 Å². The van der Waals surface area contributed by atoms with Crippen LogP contribution in [0.15, 0.2) is 29.2 Å². The highest BCUT2D eigenvalue weighted by Gasteiger charge is 2.11. The van der Waals surface area contributed by atoms with Crippen LogP contribution in [-0.4, -0.2) is 32.4 Å². The number of aliphatic hydroxyl groups is 1. The van der Waals surface area contributed by atoms with Gasteiger partial charge in [0.05, 0.1) is 4.90 Å². The first kappa shape index (κ1) is 16.1. The van der Waals surface area contributed by atoms with Gasteiger partial charge in [0, 0.05) is 24.9 Å². The van der Waals surface area contributed by atoms with E-state index in [1.165, 1.54) is 6.26 Å². The Kier molecular flexibility index (Phi) is 5.97. The molecule has 19 heavy (non-hydrogen) atoms. The van der Waals surface area contributed by atoms with Gasteiger partial charge in [-0.15, -0.1) is 0 Å². The summed E-state index contributed by atoms with van der Waals surface area (Å²) in [6, 6.07) is 7.43. The average molecular weight is 285 g/mol. The number of hydrogen-bond acceptors (Lipinski definition) is 4. The molecular weight excluding hydrogens is 262 g/mol. The number of rotatable bonds is 7. The molecule has 0 aromatic heterocycles. The molecule has 0 amide bonds. The Labute approximate surface area is 115 Å². The van der Waals surface area contributed by atoms with Gasteiger partial charge < -0.3 is 10.4 Å². The smallest absolute Gasteiger partial charge is 0.175 e. The summed E-state index contributed by atoms with van der Waals surface area (Å²) in [4.78, 5) is 0.344. The van der Waals surface area contributed by atoms with Gasteiger partial charge in [0.15, 0.2) is 9.84 Å². The van der Waals surface area contributed by atoms with Crippen molar-refractivity contribution in [3.05, 3.63) is 29.8 Å². The first-order valence-corrected chi connectivity index (χ1v) is 8.40. The SMILES string of the molecule is CC(CCCO)NC(C)c1ccc(S(C)(=O)=O)cc1. The Morgan fingerprint density at radius 2 is 1.79 bits per heavy atom. The second kappa shape index (κ2) is 7.03. The van der Waals surface area contributed by atoms with Crippen LogP contribution in [0.4, 0.5) is 0 Å². The highest BCUT2D eigenvalue weighted by Crippen LogP contribution is 2.17. The molecule has 0 aliphatic heterocycles. The predicted octanol–water partition coefficient (Wildman–Crippen LogP) is 1.90. The van der Waals surface area contributed by atoms with Crippen LogP contribution in [-0.2, 0) is 9.84 Å². The van der Waals surface area contributed by atoms with Crippen molar-refractivity contribution < 1.29 is 13.5 Å². The number of sulfone groups is 1. The number of nitrogens with one attached hydrogen (secondary N) is 1. The molecule has 0 aliphatic rings. The third-order valence-corrected chi connectivity index (χ3v) is 4.27. The van der Waals surface area contributed by atoms with Crippen molar-refractivity contribution in [3.63, 3.8) is 0 Å². The van der Waals surface area contributed by atoms with E-state index in [-0.39, 0.29) is 12.6 Å². The standard InChI is InChI=1S/C14H23NO3S/c1-11(5-4-10-16)15-12(2)13-6-8-14(9-7-13)19(3,17)18/h6-9,11-12,15-16H,4-5,10H2,1-3H3. The maximum atomic E-state index is 11.4. The molecule has 0 radical (unpaired) electrons. The van der Waals surface area contributed by atoms with Crippen LogP contribution in [0.25, 0.3) is 0 Å². The summed E-state index contributed by atoms with van der Waals surface area (Å²) >= 11 is 0. The lowest BCUT2D eigenvalue weighted by Gasteiger charge is -2.20. The van der Waals surface area contributed by atoms with Crippen molar-refractivity contribution in [3.8, 4) is 0 Å². The minimum Gasteiger partial charge on any atom is -0.396 e. The third-order valence-electron chi connectivity index (χ3n) is 3.14. The molecule has 0 bridgehead atoms. The highest BCUT2D eigenvalue weighted by atomic mass is 32.2. The topological polar surface area (TPSA) is 66.4 Å². The molecule has 1 aromatic carbocycles. The van der Waals surface area contributed by atoms with Gasteiger partial charge in [0.25, 0.3) is 0 Å². The monoisotopic (exact) mass is 285 g/mol. The van der Waals surface area contributed by atoms with E-state index < -0.39 is 9.84 Å². The third kappa shape index (κ3) is 5.30. The molecule has 5 heteroatoms. The Balaban J connectivity index is 2.65. The van der Waals surface area contributed by atoms with Gasteiger partial charge in [-0.1, -0.05) is 12.1 Å². The summed E-state index contributed by atoms with van der Waals surface area (Å²) in [5.41, 5.74) is 1.06. The summed E-state index contributed by atoms with van der Waals surface area (Å²) in [7, 11) is -3.13. The maximum Gasteiger partial charge on any atom is 0.175 e. The molecule has 4 nitrogen and oxygen atoms in total. The number of benzene rings is 1. The fourth-order valence-electron chi connectivity index (χ4n) is 2.01. The molecule has 0 saturated heterocycles. The van der Waals surface area contributed by atoms with Crippen LogP contribution in [0, 0.1) is 0 Å². The van der Waals surface area contributed by atoms with Crippen molar-refractivity contribution in [1.82, 2.24) is 5.32 Å². The molecule has 0 aliphatic carbocycles. The quantitative estimate of drug-likeness (QED) is 0.803. The molecule has 0 fully saturated rings. The molecule has 2 unspecified atom stereocenters. The molecule has 1 aromatic rings. The molecule has 2 N–H and O–H groups in total. The molecule has 1 rings (SSSR count).